The summed E-state index contributed by atoms with van der Waals surface area (Å²) in [7, 11) is 0. The van der Waals surface area contributed by atoms with Crippen molar-refractivity contribution in [2.24, 2.45) is 5.92 Å². The Morgan fingerprint density at radius 2 is 1.75 bits per heavy atom. The van der Waals surface area contributed by atoms with Gasteiger partial charge in [-0.15, -0.1) is 0 Å². The number of para-hydroxylation sites is 1. The molecule has 1 aromatic rings. The first kappa shape index (κ1) is 15.3. The van der Waals surface area contributed by atoms with Gasteiger partial charge in [0.1, 0.15) is 0 Å². The van der Waals surface area contributed by atoms with Gasteiger partial charge in [0.25, 0.3) is 0 Å². The van der Waals surface area contributed by atoms with Gasteiger partial charge in [-0.1, -0.05) is 32.0 Å². The average Bonchev–Trinajstić information content (AvgIpc) is 2.48. The van der Waals surface area contributed by atoms with Gasteiger partial charge >= 0.3 is 0 Å². The molecule has 3 heteroatoms. The molecule has 0 amide bonds. The highest BCUT2D eigenvalue weighted by atomic mass is 15.3. The fourth-order valence-corrected chi connectivity index (χ4v) is 2.69. The maximum Gasteiger partial charge on any atom is 0.0367 e. The first-order valence-corrected chi connectivity index (χ1v) is 7.99. The van der Waals surface area contributed by atoms with Crippen molar-refractivity contribution in [2.45, 2.75) is 20.3 Å². The lowest BCUT2D eigenvalue weighted by Gasteiger charge is -2.36. The van der Waals surface area contributed by atoms with Gasteiger partial charge in [0, 0.05) is 31.9 Å². The minimum Gasteiger partial charge on any atom is -0.369 e. The van der Waals surface area contributed by atoms with Gasteiger partial charge in [-0.2, -0.15) is 0 Å². The molecule has 0 aliphatic carbocycles. The molecule has 1 fully saturated rings. The predicted molar refractivity (Wildman–Crippen MR) is 87.4 cm³/mol. The van der Waals surface area contributed by atoms with Gasteiger partial charge in [-0.05, 0) is 44.1 Å². The third-order valence-electron chi connectivity index (χ3n) is 3.87. The Labute approximate surface area is 124 Å². The van der Waals surface area contributed by atoms with E-state index in [0.29, 0.717) is 0 Å². The third-order valence-corrected chi connectivity index (χ3v) is 3.87. The van der Waals surface area contributed by atoms with Crippen molar-refractivity contribution in [2.75, 3.05) is 50.7 Å². The summed E-state index contributed by atoms with van der Waals surface area (Å²) in [6.07, 6.45) is 1.26. The zero-order valence-corrected chi connectivity index (χ0v) is 13.0. The number of nitrogens with zero attached hydrogens (tertiary/aromatic N) is 2. The Bertz CT molecular complexity index is 356. The van der Waals surface area contributed by atoms with Crippen molar-refractivity contribution in [1.29, 1.82) is 0 Å². The minimum absolute atomic E-state index is 0.754. The molecule has 1 aromatic carbocycles. The molecule has 3 nitrogen and oxygen atoms in total. The summed E-state index contributed by atoms with van der Waals surface area (Å²) >= 11 is 0. The molecule has 0 spiro atoms. The molecule has 1 aliphatic rings. The minimum atomic E-state index is 0.754. The zero-order chi connectivity index (χ0) is 14.2. The fourth-order valence-electron chi connectivity index (χ4n) is 2.69. The number of hydrogen-bond donors (Lipinski definition) is 1. The van der Waals surface area contributed by atoms with Gasteiger partial charge < -0.3 is 10.2 Å². The smallest absolute Gasteiger partial charge is 0.0367 e. The number of piperazine rings is 1. The Kier molecular flexibility index (Phi) is 6.34. The van der Waals surface area contributed by atoms with Gasteiger partial charge in [0.2, 0.25) is 0 Å². The van der Waals surface area contributed by atoms with Gasteiger partial charge in [-0.3, -0.25) is 4.90 Å². The third kappa shape index (κ3) is 5.14. The second-order valence-corrected chi connectivity index (χ2v) is 6.12. The summed E-state index contributed by atoms with van der Waals surface area (Å²) in [5, 5.41) is 3.52. The van der Waals surface area contributed by atoms with Crippen molar-refractivity contribution < 1.29 is 0 Å². The van der Waals surface area contributed by atoms with Crippen molar-refractivity contribution in [3.05, 3.63) is 30.3 Å². The van der Waals surface area contributed by atoms with Crippen LogP contribution in [0.1, 0.15) is 20.3 Å². The second-order valence-electron chi connectivity index (χ2n) is 6.12. The van der Waals surface area contributed by atoms with Crippen LogP contribution < -0.4 is 10.2 Å². The standard InChI is InChI=1S/C17H29N3/c1-16(2)15-18-9-6-10-19-11-13-20(14-12-19)17-7-4-3-5-8-17/h3-5,7-8,16,18H,6,9-15H2,1-2H3. The largest absolute Gasteiger partial charge is 0.369 e. The molecule has 1 heterocycles. The molecular formula is C17H29N3. The Hall–Kier alpha value is -1.06. The van der Waals surface area contributed by atoms with Crippen molar-refractivity contribution >= 4 is 5.69 Å². The average molecular weight is 275 g/mol. The predicted octanol–water partition coefficient (Wildman–Crippen LogP) is 2.44. The summed E-state index contributed by atoms with van der Waals surface area (Å²) in [6, 6.07) is 10.8. The summed E-state index contributed by atoms with van der Waals surface area (Å²) in [5.41, 5.74) is 1.37. The van der Waals surface area contributed by atoms with Crippen LogP contribution in [-0.4, -0.2) is 50.7 Å². The number of hydrogen-bond acceptors (Lipinski definition) is 3. The summed E-state index contributed by atoms with van der Waals surface area (Å²) < 4.78 is 0. The molecule has 1 N–H and O–H groups in total. The van der Waals surface area contributed by atoms with Crippen molar-refractivity contribution in [3.63, 3.8) is 0 Å². The van der Waals surface area contributed by atoms with E-state index < -0.39 is 0 Å². The highest BCUT2D eigenvalue weighted by Crippen LogP contribution is 2.15. The molecule has 112 valence electrons. The van der Waals surface area contributed by atoms with E-state index in [1.807, 2.05) is 0 Å². The lowest BCUT2D eigenvalue weighted by Crippen LogP contribution is -2.47. The van der Waals surface area contributed by atoms with Crippen LogP contribution in [0.2, 0.25) is 0 Å². The molecular weight excluding hydrogens is 246 g/mol. The van der Waals surface area contributed by atoms with E-state index in [0.717, 1.165) is 32.1 Å². The lowest BCUT2D eigenvalue weighted by molar-refractivity contribution is 0.253. The van der Waals surface area contributed by atoms with E-state index in [2.05, 4.69) is 59.3 Å². The SMILES string of the molecule is CC(C)CNCCCN1CCN(c2ccccc2)CC1. The van der Waals surface area contributed by atoms with E-state index in [9.17, 15) is 0 Å². The first-order chi connectivity index (χ1) is 9.75. The second kappa shape index (κ2) is 8.28. The summed E-state index contributed by atoms with van der Waals surface area (Å²) in [6.45, 7) is 12.7. The highest BCUT2D eigenvalue weighted by molar-refractivity contribution is 5.46. The fraction of sp³-hybridized carbons (Fsp3) is 0.647. The van der Waals surface area contributed by atoms with Crippen molar-refractivity contribution in [1.82, 2.24) is 10.2 Å². The van der Waals surface area contributed by atoms with Gasteiger partial charge in [0.15, 0.2) is 0 Å². The molecule has 0 atom stereocenters. The van der Waals surface area contributed by atoms with Crippen LogP contribution in [0, 0.1) is 5.92 Å². The molecule has 20 heavy (non-hydrogen) atoms. The topological polar surface area (TPSA) is 18.5 Å². The number of rotatable bonds is 7. The summed E-state index contributed by atoms with van der Waals surface area (Å²) in [5.74, 6) is 0.754. The maximum absolute atomic E-state index is 3.52. The van der Waals surface area contributed by atoms with Crippen LogP contribution in [0.15, 0.2) is 30.3 Å². The molecule has 0 aromatic heterocycles. The van der Waals surface area contributed by atoms with E-state index in [1.54, 1.807) is 0 Å². The normalized spacial score (nSPS) is 16.9. The quantitative estimate of drug-likeness (QED) is 0.771. The lowest BCUT2D eigenvalue weighted by atomic mass is 10.2. The number of benzene rings is 1. The zero-order valence-electron chi connectivity index (χ0n) is 13.0. The molecule has 1 saturated heterocycles. The molecule has 2 rings (SSSR count). The molecule has 1 aliphatic heterocycles. The van der Waals surface area contributed by atoms with E-state index in [1.165, 1.54) is 31.7 Å². The molecule has 0 unspecified atom stereocenters. The van der Waals surface area contributed by atoms with Crippen LogP contribution >= 0.6 is 0 Å². The monoisotopic (exact) mass is 275 g/mol. The first-order valence-electron chi connectivity index (χ1n) is 7.99. The number of anilines is 1. The Morgan fingerprint density at radius 1 is 1.05 bits per heavy atom. The highest BCUT2D eigenvalue weighted by Gasteiger charge is 2.16. The Morgan fingerprint density at radius 3 is 2.40 bits per heavy atom. The Balaban J connectivity index is 1.60. The van der Waals surface area contributed by atoms with Crippen LogP contribution in [-0.2, 0) is 0 Å². The number of nitrogens with one attached hydrogen (secondary N) is 1. The van der Waals surface area contributed by atoms with Crippen molar-refractivity contribution in [3.8, 4) is 0 Å². The van der Waals surface area contributed by atoms with Crippen LogP contribution in [0.3, 0.4) is 0 Å². The molecule has 0 bridgehead atoms. The van der Waals surface area contributed by atoms with Gasteiger partial charge in [-0.25, -0.2) is 0 Å². The maximum atomic E-state index is 3.52. The van der Waals surface area contributed by atoms with Crippen LogP contribution in [0.25, 0.3) is 0 Å². The molecule has 0 saturated carbocycles. The van der Waals surface area contributed by atoms with Gasteiger partial charge in [0.05, 0.1) is 0 Å². The summed E-state index contributed by atoms with van der Waals surface area (Å²) in [4.78, 5) is 5.09. The van der Waals surface area contributed by atoms with E-state index in [4.69, 9.17) is 0 Å². The van der Waals surface area contributed by atoms with E-state index in [-0.39, 0.29) is 0 Å². The van der Waals surface area contributed by atoms with Crippen LogP contribution in [0.5, 0.6) is 0 Å². The molecule has 0 radical (unpaired) electrons. The van der Waals surface area contributed by atoms with E-state index >= 15 is 0 Å². The van der Waals surface area contributed by atoms with Crippen LogP contribution in [0.4, 0.5) is 5.69 Å².